The van der Waals surface area contributed by atoms with E-state index in [1.54, 1.807) is 6.92 Å². The highest BCUT2D eigenvalue weighted by atomic mass is 35.5. The first-order valence-corrected chi connectivity index (χ1v) is 5.90. The molecular weight excluding hydrogens is 252 g/mol. The van der Waals surface area contributed by atoms with Crippen molar-refractivity contribution in [2.24, 2.45) is 5.73 Å². The predicted molar refractivity (Wildman–Crippen MR) is 76.4 cm³/mol. The lowest BCUT2D eigenvalue weighted by atomic mass is 10.2. The van der Waals surface area contributed by atoms with Crippen LogP contribution in [0.3, 0.4) is 0 Å². The fraction of sp³-hybridized carbons (Fsp3) is 0.462. The Labute approximate surface area is 114 Å². The van der Waals surface area contributed by atoms with Gasteiger partial charge in [0.1, 0.15) is 5.75 Å². The van der Waals surface area contributed by atoms with E-state index in [9.17, 15) is 4.79 Å². The maximum atomic E-state index is 11.5. The molecule has 4 nitrogen and oxygen atoms in total. The Hall–Kier alpha value is -1.26. The van der Waals surface area contributed by atoms with Gasteiger partial charge < -0.3 is 15.8 Å². The van der Waals surface area contributed by atoms with Gasteiger partial charge in [0.05, 0.1) is 6.61 Å². The lowest BCUT2D eigenvalue weighted by Crippen LogP contribution is -2.23. The number of nitrogens with one attached hydrogen (secondary N) is 1. The highest BCUT2D eigenvalue weighted by molar-refractivity contribution is 5.91. The van der Waals surface area contributed by atoms with E-state index >= 15 is 0 Å². The minimum Gasteiger partial charge on any atom is -0.494 e. The topological polar surface area (TPSA) is 64.3 Å². The number of hydrogen-bond donors (Lipinski definition) is 2. The molecule has 18 heavy (non-hydrogen) atoms. The third kappa shape index (κ3) is 6.47. The molecule has 0 saturated heterocycles. The van der Waals surface area contributed by atoms with Gasteiger partial charge in [0, 0.05) is 24.2 Å². The fourth-order valence-corrected chi connectivity index (χ4v) is 1.39. The molecule has 5 heteroatoms. The number of anilines is 1. The first kappa shape index (κ1) is 16.7. The molecule has 0 heterocycles. The smallest absolute Gasteiger partial charge is 0.225 e. The molecule has 0 aliphatic rings. The zero-order valence-electron chi connectivity index (χ0n) is 10.8. The molecule has 102 valence electrons. The molecular formula is C13H21ClN2O2. The Bertz CT molecular complexity index is 370. The van der Waals surface area contributed by atoms with Crippen LogP contribution >= 0.6 is 12.4 Å². The van der Waals surface area contributed by atoms with Crippen LogP contribution in [-0.2, 0) is 4.79 Å². The van der Waals surface area contributed by atoms with Crippen molar-refractivity contribution in [3.8, 4) is 5.75 Å². The maximum absolute atomic E-state index is 11.5. The van der Waals surface area contributed by atoms with E-state index in [-0.39, 0.29) is 24.4 Å². The predicted octanol–water partition coefficient (Wildman–Crippen LogP) is 2.57. The number of carbonyl (C=O) groups is 1. The number of benzene rings is 1. The molecule has 0 aliphatic carbocycles. The molecule has 1 amide bonds. The third-order valence-electron chi connectivity index (χ3n) is 2.10. The molecule has 1 atom stereocenters. The van der Waals surface area contributed by atoms with E-state index in [1.165, 1.54) is 0 Å². The Balaban J connectivity index is 0.00000289. The minimum absolute atomic E-state index is 0. The van der Waals surface area contributed by atoms with Crippen molar-refractivity contribution in [3.05, 3.63) is 24.3 Å². The standard InChI is InChI=1S/C13H20N2O2.ClH/c1-3-7-17-12-6-4-5-11(9-12)15-13(16)8-10(2)14;/h4-6,9-10H,3,7-8,14H2,1-2H3,(H,15,16);1H. The number of rotatable bonds is 6. The van der Waals surface area contributed by atoms with Gasteiger partial charge in [-0.1, -0.05) is 13.0 Å². The number of ether oxygens (including phenoxy) is 1. The summed E-state index contributed by atoms with van der Waals surface area (Å²) in [6.07, 6.45) is 1.28. The minimum atomic E-state index is -0.130. The van der Waals surface area contributed by atoms with Crippen molar-refractivity contribution in [3.63, 3.8) is 0 Å². The first-order chi connectivity index (χ1) is 8.11. The molecule has 1 aromatic rings. The molecule has 0 fully saturated rings. The molecule has 3 N–H and O–H groups in total. The van der Waals surface area contributed by atoms with Crippen LogP contribution in [-0.4, -0.2) is 18.6 Å². The molecule has 0 spiro atoms. The summed E-state index contributed by atoms with van der Waals surface area (Å²) in [6, 6.07) is 7.24. The van der Waals surface area contributed by atoms with Crippen LogP contribution in [0, 0.1) is 0 Å². The Morgan fingerprint density at radius 1 is 1.50 bits per heavy atom. The van der Waals surface area contributed by atoms with Crippen molar-refractivity contribution >= 4 is 24.0 Å². The first-order valence-electron chi connectivity index (χ1n) is 5.90. The molecule has 0 aliphatic heterocycles. The molecule has 0 bridgehead atoms. The van der Waals surface area contributed by atoms with Crippen LogP contribution in [0.2, 0.25) is 0 Å². The van der Waals surface area contributed by atoms with Gasteiger partial charge in [-0.25, -0.2) is 0 Å². The lowest BCUT2D eigenvalue weighted by Gasteiger charge is -2.09. The largest absolute Gasteiger partial charge is 0.494 e. The van der Waals surface area contributed by atoms with Crippen LogP contribution in [0.4, 0.5) is 5.69 Å². The van der Waals surface area contributed by atoms with E-state index in [0.717, 1.165) is 17.9 Å². The molecule has 0 saturated carbocycles. The summed E-state index contributed by atoms with van der Waals surface area (Å²) in [4.78, 5) is 11.5. The van der Waals surface area contributed by atoms with Gasteiger partial charge in [-0.05, 0) is 25.5 Å². The highest BCUT2D eigenvalue weighted by Gasteiger charge is 2.05. The lowest BCUT2D eigenvalue weighted by molar-refractivity contribution is -0.116. The third-order valence-corrected chi connectivity index (χ3v) is 2.10. The number of amides is 1. The van der Waals surface area contributed by atoms with E-state index < -0.39 is 0 Å². The number of carbonyl (C=O) groups excluding carboxylic acids is 1. The quantitative estimate of drug-likeness (QED) is 0.837. The molecule has 0 aromatic heterocycles. The number of halogens is 1. The van der Waals surface area contributed by atoms with Crippen LogP contribution < -0.4 is 15.8 Å². The number of nitrogens with two attached hydrogens (primary N) is 1. The van der Waals surface area contributed by atoms with Crippen LogP contribution in [0.1, 0.15) is 26.7 Å². The SMILES string of the molecule is CCCOc1cccc(NC(=O)CC(C)N)c1.Cl. The highest BCUT2D eigenvalue weighted by Crippen LogP contribution is 2.17. The average Bonchev–Trinajstić information content (AvgIpc) is 2.25. The summed E-state index contributed by atoms with van der Waals surface area (Å²) >= 11 is 0. The Morgan fingerprint density at radius 2 is 2.22 bits per heavy atom. The van der Waals surface area contributed by atoms with Crippen molar-refractivity contribution in [2.45, 2.75) is 32.7 Å². The van der Waals surface area contributed by atoms with Crippen molar-refractivity contribution < 1.29 is 9.53 Å². The van der Waals surface area contributed by atoms with Gasteiger partial charge in [0.2, 0.25) is 5.91 Å². The normalized spacial score (nSPS) is 11.3. The average molecular weight is 273 g/mol. The van der Waals surface area contributed by atoms with Crippen LogP contribution in [0.15, 0.2) is 24.3 Å². The Kier molecular flexibility index (Phi) is 8.16. The summed E-state index contributed by atoms with van der Waals surface area (Å²) in [5, 5.41) is 2.79. The molecule has 1 aromatic carbocycles. The summed E-state index contributed by atoms with van der Waals surface area (Å²) < 4.78 is 5.48. The van der Waals surface area contributed by atoms with E-state index in [1.807, 2.05) is 31.2 Å². The summed E-state index contributed by atoms with van der Waals surface area (Å²) in [5.41, 5.74) is 6.30. The molecule has 1 unspecified atom stereocenters. The second-order valence-electron chi connectivity index (χ2n) is 4.11. The van der Waals surface area contributed by atoms with Crippen LogP contribution in [0.5, 0.6) is 5.75 Å². The van der Waals surface area contributed by atoms with E-state index in [0.29, 0.717) is 13.0 Å². The van der Waals surface area contributed by atoms with Gasteiger partial charge in [-0.15, -0.1) is 12.4 Å². The van der Waals surface area contributed by atoms with Crippen LogP contribution in [0.25, 0.3) is 0 Å². The zero-order valence-corrected chi connectivity index (χ0v) is 11.6. The van der Waals surface area contributed by atoms with Gasteiger partial charge >= 0.3 is 0 Å². The second-order valence-corrected chi connectivity index (χ2v) is 4.11. The molecule has 0 radical (unpaired) electrons. The number of hydrogen-bond acceptors (Lipinski definition) is 3. The Morgan fingerprint density at radius 3 is 2.83 bits per heavy atom. The van der Waals surface area contributed by atoms with Crippen molar-refractivity contribution in [1.29, 1.82) is 0 Å². The van der Waals surface area contributed by atoms with Gasteiger partial charge in [-0.2, -0.15) is 0 Å². The van der Waals surface area contributed by atoms with E-state index in [2.05, 4.69) is 5.32 Å². The van der Waals surface area contributed by atoms with Crippen molar-refractivity contribution in [1.82, 2.24) is 0 Å². The van der Waals surface area contributed by atoms with Gasteiger partial charge in [0.25, 0.3) is 0 Å². The second kappa shape index (κ2) is 8.78. The monoisotopic (exact) mass is 272 g/mol. The fourth-order valence-electron chi connectivity index (χ4n) is 1.39. The summed E-state index contributed by atoms with van der Waals surface area (Å²) in [5.74, 6) is 0.693. The van der Waals surface area contributed by atoms with Crippen molar-refractivity contribution in [2.75, 3.05) is 11.9 Å². The maximum Gasteiger partial charge on any atom is 0.225 e. The van der Waals surface area contributed by atoms with Gasteiger partial charge in [0.15, 0.2) is 0 Å². The molecule has 1 rings (SSSR count). The summed E-state index contributed by atoms with van der Waals surface area (Å²) in [7, 11) is 0. The summed E-state index contributed by atoms with van der Waals surface area (Å²) in [6.45, 7) is 4.53. The zero-order chi connectivity index (χ0) is 12.7. The van der Waals surface area contributed by atoms with Gasteiger partial charge in [-0.3, -0.25) is 4.79 Å². The van der Waals surface area contributed by atoms with E-state index in [4.69, 9.17) is 10.5 Å².